The van der Waals surface area contributed by atoms with Crippen LogP contribution in [0, 0.1) is 46.3 Å². The Bertz CT molecular complexity index is 862. The van der Waals surface area contributed by atoms with Gasteiger partial charge in [-0.1, -0.05) is 40.2 Å². The number of unbranched alkanes of at least 4 members (excludes halogenated alkanes) is 1. The molecule has 1 aromatic rings. The Hall–Kier alpha value is -0.970. The van der Waals surface area contributed by atoms with E-state index >= 15 is 0 Å². The molecule has 3 N–H and O–H groups in total. The van der Waals surface area contributed by atoms with Gasteiger partial charge in [0.25, 0.3) is 0 Å². The van der Waals surface area contributed by atoms with E-state index in [0.717, 1.165) is 55.4 Å². The lowest BCUT2D eigenvalue weighted by Gasteiger charge is -2.62. The fourth-order valence-corrected chi connectivity index (χ4v) is 10.1. The molecule has 0 unspecified atom stereocenters. The van der Waals surface area contributed by atoms with Gasteiger partial charge >= 0.3 is 0 Å². The molecule has 10 atom stereocenters. The molecule has 0 bridgehead atoms. The third kappa shape index (κ3) is 5.41. The summed E-state index contributed by atoms with van der Waals surface area (Å²) in [6.45, 7) is 13.2. The monoisotopic (exact) mass is 509 g/mol. The van der Waals surface area contributed by atoms with Crippen LogP contribution in [0.4, 0.5) is 0 Å². The third-order valence-corrected chi connectivity index (χ3v) is 12.3. The molecule has 0 spiro atoms. The van der Waals surface area contributed by atoms with Crippen LogP contribution in [0.2, 0.25) is 0 Å². The maximum absolute atomic E-state index is 11.6. The summed E-state index contributed by atoms with van der Waals surface area (Å²) in [7, 11) is 0. The van der Waals surface area contributed by atoms with Gasteiger partial charge in [0.05, 0.1) is 11.8 Å². The van der Waals surface area contributed by atoms with E-state index in [1.807, 2.05) is 12.3 Å². The van der Waals surface area contributed by atoms with Gasteiger partial charge in [0.2, 0.25) is 0 Å². The van der Waals surface area contributed by atoms with Crippen molar-refractivity contribution in [1.29, 1.82) is 0 Å². The smallest absolute Gasteiger partial charge is 0.0577 e. The summed E-state index contributed by atoms with van der Waals surface area (Å²) in [6.07, 6.45) is 16.0. The highest BCUT2D eigenvalue weighted by atomic mass is 16.3. The van der Waals surface area contributed by atoms with Gasteiger partial charge in [0, 0.05) is 18.8 Å². The van der Waals surface area contributed by atoms with Crippen LogP contribution in [0.5, 0.6) is 0 Å². The minimum absolute atomic E-state index is 0.0766. The van der Waals surface area contributed by atoms with Crippen molar-refractivity contribution in [2.24, 2.45) is 46.3 Å². The molecule has 4 aliphatic rings. The van der Waals surface area contributed by atoms with Gasteiger partial charge in [-0.3, -0.25) is 4.98 Å². The van der Waals surface area contributed by atoms with Gasteiger partial charge in [-0.25, -0.2) is 0 Å². The largest absolute Gasteiger partial charge is 0.393 e. The first-order valence-electron chi connectivity index (χ1n) is 15.9. The van der Waals surface area contributed by atoms with Crippen LogP contribution in [-0.2, 0) is 6.54 Å². The van der Waals surface area contributed by atoms with E-state index in [0.29, 0.717) is 28.7 Å². The zero-order valence-electron chi connectivity index (χ0n) is 24.2. The van der Waals surface area contributed by atoms with Gasteiger partial charge in [0.15, 0.2) is 0 Å². The molecule has 0 aromatic carbocycles. The molecule has 0 saturated heterocycles. The van der Waals surface area contributed by atoms with Gasteiger partial charge < -0.3 is 15.7 Å². The second-order valence-corrected chi connectivity index (χ2v) is 14.0. The van der Waals surface area contributed by atoms with Gasteiger partial charge in [-0.2, -0.15) is 0 Å². The van der Waals surface area contributed by atoms with Crippen LogP contribution in [-0.4, -0.2) is 35.3 Å². The maximum atomic E-state index is 11.6. The standard InChI is InChI=1S/C33H55N3O/c1-5-23(2)27-11-12-28-31-29(14-16-33(27,28)4)32(3)15-13-25(20-24(32)21-30(31)37)35-19-9-8-17-34-22-26-10-6-7-18-36-26/h6-7,10,18,23-25,27-31,34-35,37H,5,8-9,11-17,19-22H2,1-4H3/t23-,24+,25+,27-,28+,29+,30-,31+,32+,33-/m1/s1. The van der Waals surface area contributed by atoms with Crippen molar-refractivity contribution in [3.63, 3.8) is 0 Å². The lowest BCUT2D eigenvalue weighted by molar-refractivity contribution is -0.167. The fraction of sp³-hybridized carbons (Fsp3) is 0.848. The molecule has 4 saturated carbocycles. The van der Waals surface area contributed by atoms with Crippen LogP contribution in [0.3, 0.4) is 0 Å². The molecule has 208 valence electrons. The summed E-state index contributed by atoms with van der Waals surface area (Å²) in [5.41, 5.74) is 2.02. The van der Waals surface area contributed by atoms with Crippen molar-refractivity contribution in [2.75, 3.05) is 13.1 Å². The fourth-order valence-electron chi connectivity index (χ4n) is 10.1. The van der Waals surface area contributed by atoms with Gasteiger partial charge in [-0.15, -0.1) is 0 Å². The Kier molecular flexibility index (Phi) is 8.68. The van der Waals surface area contributed by atoms with Crippen molar-refractivity contribution in [3.05, 3.63) is 30.1 Å². The number of pyridine rings is 1. The highest BCUT2D eigenvalue weighted by Gasteiger charge is 2.62. The maximum Gasteiger partial charge on any atom is 0.0577 e. The van der Waals surface area contributed by atoms with Crippen molar-refractivity contribution in [2.45, 2.75) is 117 Å². The molecule has 1 aromatic heterocycles. The summed E-state index contributed by atoms with van der Waals surface area (Å²) in [4.78, 5) is 4.38. The minimum atomic E-state index is -0.0766. The zero-order valence-corrected chi connectivity index (χ0v) is 24.2. The van der Waals surface area contributed by atoms with E-state index in [-0.39, 0.29) is 6.10 Å². The first kappa shape index (κ1) is 27.6. The molecule has 1 heterocycles. The second-order valence-electron chi connectivity index (χ2n) is 14.0. The normalized spacial score (nSPS) is 42.0. The first-order valence-corrected chi connectivity index (χ1v) is 15.9. The summed E-state index contributed by atoms with van der Waals surface area (Å²) in [6, 6.07) is 6.74. The molecule has 0 aliphatic heterocycles. The van der Waals surface area contributed by atoms with Crippen LogP contribution < -0.4 is 10.6 Å². The number of nitrogens with zero attached hydrogens (tertiary/aromatic N) is 1. The number of aliphatic hydroxyl groups excluding tert-OH is 1. The predicted molar refractivity (Wildman–Crippen MR) is 153 cm³/mol. The minimum Gasteiger partial charge on any atom is -0.393 e. The van der Waals surface area contributed by atoms with E-state index in [2.05, 4.69) is 55.4 Å². The van der Waals surface area contributed by atoms with Crippen LogP contribution in [0.15, 0.2) is 24.4 Å². The lowest BCUT2D eigenvalue weighted by Crippen LogP contribution is -2.59. The molecule has 0 radical (unpaired) electrons. The summed E-state index contributed by atoms with van der Waals surface area (Å²) < 4.78 is 0. The van der Waals surface area contributed by atoms with Gasteiger partial charge in [-0.05, 0) is 136 Å². The van der Waals surface area contributed by atoms with Crippen LogP contribution >= 0.6 is 0 Å². The first-order chi connectivity index (χ1) is 17.9. The van der Waals surface area contributed by atoms with E-state index in [4.69, 9.17) is 0 Å². The molecule has 5 rings (SSSR count). The van der Waals surface area contributed by atoms with E-state index in [1.165, 1.54) is 64.2 Å². The number of rotatable bonds is 10. The summed E-state index contributed by atoms with van der Waals surface area (Å²) in [5.74, 6) is 4.42. The Morgan fingerprint density at radius 3 is 2.57 bits per heavy atom. The van der Waals surface area contributed by atoms with E-state index < -0.39 is 0 Å². The molecular weight excluding hydrogens is 454 g/mol. The Morgan fingerprint density at radius 2 is 1.78 bits per heavy atom. The molecule has 4 heteroatoms. The van der Waals surface area contributed by atoms with Crippen molar-refractivity contribution in [1.82, 2.24) is 15.6 Å². The number of fused-ring (bicyclic) bond motifs is 5. The third-order valence-electron chi connectivity index (χ3n) is 12.3. The molecular formula is C33H55N3O. The number of hydrogen-bond donors (Lipinski definition) is 3. The summed E-state index contributed by atoms with van der Waals surface area (Å²) in [5, 5.41) is 19.1. The predicted octanol–water partition coefficient (Wildman–Crippen LogP) is 6.59. The molecule has 4 fully saturated rings. The molecule has 4 nitrogen and oxygen atoms in total. The Morgan fingerprint density at radius 1 is 1.00 bits per heavy atom. The highest BCUT2D eigenvalue weighted by molar-refractivity contribution is 5.12. The van der Waals surface area contributed by atoms with E-state index in [9.17, 15) is 5.11 Å². The van der Waals surface area contributed by atoms with E-state index in [1.54, 1.807) is 0 Å². The van der Waals surface area contributed by atoms with Crippen LogP contribution in [0.25, 0.3) is 0 Å². The molecule has 4 aliphatic carbocycles. The number of aliphatic hydroxyl groups is 1. The SMILES string of the molecule is CC[C@@H](C)[C@H]1CC[C@H]2[C@@H]3[C@H](O)C[C@@H]4C[C@@H](NCCCCNCc5ccccn5)CC[C@]4(C)[C@H]3CC[C@]12C. The number of aromatic nitrogens is 1. The molecule has 37 heavy (non-hydrogen) atoms. The van der Waals surface area contributed by atoms with Crippen molar-refractivity contribution in [3.8, 4) is 0 Å². The Labute approximate surface area is 227 Å². The zero-order chi connectivity index (χ0) is 26.0. The van der Waals surface area contributed by atoms with Crippen molar-refractivity contribution >= 4 is 0 Å². The average molecular weight is 510 g/mol. The Balaban J connectivity index is 1.10. The molecule has 0 amide bonds. The lowest BCUT2D eigenvalue weighted by atomic mass is 9.43. The number of hydrogen-bond acceptors (Lipinski definition) is 4. The highest BCUT2D eigenvalue weighted by Crippen LogP contribution is 2.68. The second kappa shape index (κ2) is 11.6. The van der Waals surface area contributed by atoms with Crippen molar-refractivity contribution < 1.29 is 5.11 Å². The van der Waals surface area contributed by atoms with Gasteiger partial charge in [0.1, 0.15) is 0 Å². The van der Waals surface area contributed by atoms with Crippen LogP contribution in [0.1, 0.15) is 104 Å². The topological polar surface area (TPSA) is 57.2 Å². The summed E-state index contributed by atoms with van der Waals surface area (Å²) >= 11 is 0. The number of nitrogens with one attached hydrogen (secondary N) is 2. The average Bonchev–Trinajstić information content (AvgIpc) is 3.26. The quantitative estimate of drug-likeness (QED) is 0.312.